The first-order valence-corrected chi connectivity index (χ1v) is 4.83. The fourth-order valence-corrected chi connectivity index (χ4v) is 1.05. The molecule has 0 aromatic heterocycles. The van der Waals surface area contributed by atoms with Crippen LogP contribution in [0.4, 0.5) is 0 Å². The van der Waals surface area contributed by atoms with Crippen molar-refractivity contribution < 1.29 is 9.84 Å². The highest BCUT2D eigenvalue weighted by atomic mass is 16.5. The number of benzene rings is 1. The molecular weight excluding hydrogens is 190 g/mol. The van der Waals surface area contributed by atoms with E-state index in [1.54, 1.807) is 6.92 Å². The van der Waals surface area contributed by atoms with E-state index < -0.39 is 6.10 Å². The van der Waals surface area contributed by atoms with Gasteiger partial charge in [-0.05, 0) is 19.1 Å². The van der Waals surface area contributed by atoms with Crippen molar-refractivity contribution in [3.05, 3.63) is 29.8 Å². The Kier molecular flexibility index (Phi) is 4.69. The average molecular weight is 205 g/mol. The van der Waals surface area contributed by atoms with Crippen LogP contribution in [0, 0.1) is 11.8 Å². The first kappa shape index (κ1) is 11.6. The molecule has 15 heavy (non-hydrogen) atoms. The van der Waals surface area contributed by atoms with E-state index in [-0.39, 0.29) is 6.61 Å². The van der Waals surface area contributed by atoms with Gasteiger partial charge in [0.25, 0.3) is 0 Å². The predicted octanol–water partition coefficient (Wildman–Crippen LogP) is 0.756. The van der Waals surface area contributed by atoms with Crippen LogP contribution in [-0.4, -0.2) is 24.4 Å². The van der Waals surface area contributed by atoms with Crippen LogP contribution in [0.5, 0.6) is 5.75 Å². The van der Waals surface area contributed by atoms with E-state index in [0.717, 1.165) is 5.56 Å². The third-order valence-electron chi connectivity index (χ3n) is 1.69. The summed E-state index contributed by atoms with van der Waals surface area (Å²) in [6.07, 6.45) is -0.486. The largest absolute Gasteiger partial charge is 0.490 e. The Morgan fingerprint density at radius 2 is 2.20 bits per heavy atom. The number of hydrogen-bond acceptors (Lipinski definition) is 3. The number of ether oxygens (including phenoxy) is 1. The van der Waals surface area contributed by atoms with Crippen molar-refractivity contribution in [1.82, 2.24) is 0 Å². The number of rotatable bonds is 3. The Morgan fingerprint density at radius 1 is 1.47 bits per heavy atom. The first-order valence-electron chi connectivity index (χ1n) is 4.83. The summed E-state index contributed by atoms with van der Waals surface area (Å²) in [6, 6.07) is 7.43. The van der Waals surface area contributed by atoms with Crippen molar-refractivity contribution in [2.24, 2.45) is 5.73 Å². The molecule has 1 rings (SSSR count). The van der Waals surface area contributed by atoms with Crippen molar-refractivity contribution in [1.29, 1.82) is 0 Å². The van der Waals surface area contributed by atoms with Gasteiger partial charge in [-0.25, -0.2) is 0 Å². The normalized spacial score (nSPS) is 11.4. The number of aliphatic hydroxyl groups excluding tert-OH is 1. The fraction of sp³-hybridized carbons (Fsp3) is 0.333. The molecule has 0 saturated carbocycles. The van der Waals surface area contributed by atoms with Gasteiger partial charge in [-0.15, -0.1) is 0 Å². The van der Waals surface area contributed by atoms with Crippen LogP contribution in [0.1, 0.15) is 12.5 Å². The summed E-state index contributed by atoms with van der Waals surface area (Å²) in [5.41, 5.74) is 6.09. The molecule has 1 aromatic carbocycles. The van der Waals surface area contributed by atoms with Gasteiger partial charge in [0.15, 0.2) is 0 Å². The average Bonchev–Trinajstić information content (AvgIpc) is 2.24. The minimum absolute atomic E-state index is 0.265. The number of nitrogens with two attached hydrogens (primary N) is 1. The van der Waals surface area contributed by atoms with Gasteiger partial charge in [-0.2, -0.15) is 0 Å². The van der Waals surface area contributed by atoms with Crippen LogP contribution in [0.25, 0.3) is 0 Å². The zero-order valence-corrected chi connectivity index (χ0v) is 8.73. The maximum atomic E-state index is 9.10. The second-order valence-electron chi connectivity index (χ2n) is 3.16. The molecule has 0 bridgehead atoms. The molecule has 80 valence electrons. The molecule has 0 spiro atoms. The topological polar surface area (TPSA) is 55.5 Å². The highest BCUT2D eigenvalue weighted by Gasteiger charge is 2.01. The lowest BCUT2D eigenvalue weighted by molar-refractivity contribution is 0.122. The molecule has 1 aromatic rings. The molecule has 1 atom stereocenters. The zero-order chi connectivity index (χ0) is 11.1. The van der Waals surface area contributed by atoms with Crippen molar-refractivity contribution in [3.8, 4) is 17.6 Å². The summed E-state index contributed by atoms with van der Waals surface area (Å²) >= 11 is 0. The SMILES string of the molecule is CC(O)COc1ccccc1C#CCN. The maximum Gasteiger partial charge on any atom is 0.135 e. The van der Waals surface area contributed by atoms with E-state index in [1.807, 2.05) is 24.3 Å². The summed E-state index contributed by atoms with van der Waals surface area (Å²) in [5.74, 6) is 6.36. The quantitative estimate of drug-likeness (QED) is 0.716. The van der Waals surface area contributed by atoms with Crippen molar-refractivity contribution >= 4 is 0 Å². The molecule has 0 saturated heterocycles. The zero-order valence-electron chi connectivity index (χ0n) is 8.73. The predicted molar refractivity (Wildman–Crippen MR) is 59.6 cm³/mol. The van der Waals surface area contributed by atoms with E-state index in [0.29, 0.717) is 12.3 Å². The van der Waals surface area contributed by atoms with Gasteiger partial charge in [-0.3, -0.25) is 0 Å². The molecule has 3 heteroatoms. The monoisotopic (exact) mass is 205 g/mol. The van der Waals surface area contributed by atoms with Gasteiger partial charge in [0.05, 0.1) is 18.2 Å². The van der Waals surface area contributed by atoms with Crippen molar-refractivity contribution in [3.63, 3.8) is 0 Å². The Bertz CT molecular complexity index is 363. The van der Waals surface area contributed by atoms with Crippen molar-refractivity contribution in [2.45, 2.75) is 13.0 Å². The smallest absolute Gasteiger partial charge is 0.135 e. The lowest BCUT2D eigenvalue weighted by Crippen LogP contribution is -2.13. The van der Waals surface area contributed by atoms with E-state index in [1.165, 1.54) is 0 Å². The Labute approximate surface area is 89.9 Å². The Hall–Kier alpha value is -1.50. The number of hydrogen-bond donors (Lipinski definition) is 2. The highest BCUT2D eigenvalue weighted by molar-refractivity contribution is 5.45. The summed E-state index contributed by atoms with van der Waals surface area (Å²) in [7, 11) is 0. The van der Waals surface area contributed by atoms with E-state index >= 15 is 0 Å². The fourth-order valence-electron chi connectivity index (χ4n) is 1.05. The number of para-hydroxylation sites is 1. The van der Waals surface area contributed by atoms with Crippen LogP contribution in [0.15, 0.2) is 24.3 Å². The standard InChI is InChI=1S/C12H15NO2/c1-10(14)9-15-12-7-3-2-5-11(12)6-4-8-13/h2-3,5,7,10,14H,8-9,13H2,1H3. The molecular formula is C12H15NO2. The van der Waals surface area contributed by atoms with Gasteiger partial charge >= 0.3 is 0 Å². The maximum absolute atomic E-state index is 9.10. The highest BCUT2D eigenvalue weighted by Crippen LogP contribution is 2.16. The molecule has 0 aliphatic rings. The van der Waals surface area contributed by atoms with E-state index in [9.17, 15) is 0 Å². The number of aliphatic hydroxyl groups is 1. The second kappa shape index (κ2) is 6.07. The van der Waals surface area contributed by atoms with Gasteiger partial charge in [-0.1, -0.05) is 24.0 Å². The summed E-state index contributed by atoms with van der Waals surface area (Å²) in [5, 5.41) is 9.10. The minimum atomic E-state index is -0.486. The van der Waals surface area contributed by atoms with E-state index in [2.05, 4.69) is 11.8 Å². The molecule has 0 heterocycles. The molecule has 1 unspecified atom stereocenters. The molecule has 3 N–H and O–H groups in total. The third kappa shape index (κ3) is 4.03. The molecule has 0 aliphatic carbocycles. The van der Waals surface area contributed by atoms with Gasteiger partial charge in [0.2, 0.25) is 0 Å². The van der Waals surface area contributed by atoms with Gasteiger partial charge in [0.1, 0.15) is 12.4 Å². The molecule has 0 amide bonds. The van der Waals surface area contributed by atoms with Gasteiger partial charge < -0.3 is 15.6 Å². The molecule has 0 fully saturated rings. The molecule has 0 aliphatic heterocycles. The van der Waals surface area contributed by atoms with Crippen LogP contribution in [0.2, 0.25) is 0 Å². The minimum Gasteiger partial charge on any atom is -0.490 e. The van der Waals surface area contributed by atoms with Crippen LogP contribution >= 0.6 is 0 Å². The van der Waals surface area contributed by atoms with Crippen LogP contribution < -0.4 is 10.5 Å². The Balaban J connectivity index is 2.77. The third-order valence-corrected chi connectivity index (χ3v) is 1.69. The summed E-state index contributed by atoms with van der Waals surface area (Å²) in [6.45, 7) is 2.26. The van der Waals surface area contributed by atoms with Crippen molar-refractivity contribution in [2.75, 3.05) is 13.2 Å². The van der Waals surface area contributed by atoms with Crippen LogP contribution in [-0.2, 0) is 0 Å². The first-order chi connectivity index (χ1) is 7.24. The van der Waals surface area contributed by atoms with Gasteiger partial charge in [0, 0.05) is 0 Å². The molecule has 0 radical (unpaired) electrons. The molecule has 3 nitrogen and oxygen atoms in total. The lowest BCUT2D eigenvalue weighted by Gasteiger charge is -2.09. The summed E-state index contributed by atoms with van der Waals surface area (Å²) < 4.78 is 5.40. The lowest BCUT2D eigenvalue weighted by atomic mass is 10.2. The van der Waals surface area contributed by atoms with E-state index in [4.69, 9.17) is 15.6 Å². The Morgan fingerprint density at radius 3 is 2.87 bits per heavy atom. The summed E-state index contributed by atoms with van der Waals surface area (Å²) in [4.78, 5) is 0. The second-order valence-corrected chi connectivity index (χ2v) is 3.16. The van der Waals surface area contributed by atoms with Crippen LogP contribution in [0.3, 0.4) is 0 Å².